The van der Waals surface area contributed by atoms with Crippen LogP contribution in [0.25, 0.3) is 0 Å². The summed E-state index contributed by atoms with van der Waals surface area (Å²) < 4.78 is 4.87. The van der Waals surface area contributed by atoms with E-state index in [9.17, 15) is 19.7 Å². The van der Waals surface area contributed by atoms with Gasteiger partial charge < -0.3 is 15.4 Å². The number of carbonyl (C=O) groups excluding carboxylic acids is 2. The van der Waals surface area contributed by atoms with E-state index in [1.165, 1.54) is 19.1 Å². The molecule has 0 saturated carbocycles. The molecule has 1 aromatic carbocycles. The lowest BCUT2D eigenvalue weighted by molar-refractivity contribution is -0.384. The molecule has 2 N–H and O–H groups in total. The first-order valence-corrected chi connectivity index (χ1v) is 7.44. The van der Waals surface area contributed by atoms with Crippen molar-refractivity contribution < 1.29 is 19.2 Å². The van der Waals surface area contributed by atoms with Crippen LogP contribution in [0.3, 0.4) is 0 Å². The van der Waals surface area contributed by atoms with Gasteiger partial charge in [-0.25, -0.2) is 4.79 Å². The molecule has 1 aliphatic rings. The first-order valence-electron chi connectivity index (χ1n) is 7.44. The van der Waals surface area contributed by atoms with Crippen molar-refractivity contribution in [3.05, 3.63) is 33.9 Å². The van der Waals surface area contributed by atoms with Crippen LogP contribution in [0.4, 0.5) is 11.4 Å². The summed E-state index contributed by atoms with van der Waals surface area (Å²) in [5.74, 6) is -1.60. The highest BCUT2D eigenvalue weighted by molar-refractivity contribution is 5.93. The molecule has 0 radical (unpaired) electrons. The van der Waals surface area contributed by atoms with Crippen LogP contribution in [0.5, 0.6) is 0 Å². The fourth-order valence-corrected chi connectivity index (χ4v) is 2.49. The lowest BCUT2D eigenvalue weighted by Crippen LogP contribution is -2.31. The van der Waals surface area contributed by atoms with Gasteiger partial charge in [-0.2, -0.15) is 0 Å². The van der Waals surface area contributed by atoms with Crippen molar-refractivity contribution in [2.24, 2.45) is 5.73 Å². The highest BCUT2D eigenvalue weighted by atomic mass is 16.6. The monoisotopic (exact) mass is 321 g/mol. The van der Waals surface area contributed by atoms with Gasteiger partial charge in [-0.3, -0.25) is 14.9 Å². The molecule has 1 aromatic rings. The van der Waals surface area contributed by atoms with Crippen LogP contribution >= 0.6 is 0 Å². The van der Waals surface area contributed by atoms with Gasteiger partial charge in [-0.1, -0.05) is 0 Å². The van der Waals surface area contributed by atoms with Crippen molar-refractivity contribution in [1.82, 2.24) is 0 Å². The predicted molar refractivity (Wildman–Crippen MR) is 83.2 cm³/mol. The number of primary amides is 1. The van der Waals surface area contributed by atoms with Crippen LogP contribution in [0.2, 0.25) is 0 Å². The molecule has 0 aromatic heterocycles. The van der Waals surface area contributed by atoms with Gasteiger partial charge in [-0.15, -0.1) is 0 Å². The number of hydrogen-bond donors (Lipinski definition) is 1. The minimum atomic E-state index is -1.09. The van der Waals surface area contributed by atoms with Crippen molar-refractivity contribution in [3.63, 3.8) is 0 Å². The summed E-state index contributed by atoms with van der Waals surface area (Å²) in [5.41, 5.74) is 5.40. The third-order valence-corrected chi connectivity index (χ3v) is 3.79. The molecule has 0 spiro atoms. The van der Waals surface area contributed by atoms with Crippen molar-refractivity contribution in [3.8, 4) is 0 Å². The average Bonchev–Trinajstić information content (AvgIpc) is 2.54. The molecule has 2 rings (SSSR count). The van der Waals surface area contributed by atoms with Gasteiger partial charge in [0.1, 0.15) is 5.69 Å². The van der Waals surface area contributed by atoms with E-state index in [2.05, 4.69) is 0 Å². The fraction of sp³-hybridized carbons (Fsp3) is 0.467. The predicted octanol–water partition coefficient (Wildman–Crippen LogP) is 1.62. The van der Waals surface area contributed by atoms with Crippen molar-refractivity contribution in [2.75, 3.05) is 18.0 Å². The number of anilines is 1. The summed E-state index contributed by atoms with van der Waals surface area (Å²) in [6, 6.07) is 4.20. The summed E-state index contributed by atoms with van der Waals surface area (Å²) in [6.07, 6.45) is 1.98. The number of amides is 1. The number of nitro benzene ring substituents is 1. The molecule has 0 unspecified atom stereocenters. The Bertz CT molecular complexity index is 626. The molecule has 1 amide bonds. The number of ether oxygens (including phenoxy) is 1. The number of nitrogens with two attached hydrogens (primary N) is 1. The van der Waals surface area contributed by atoms with E-state index in [0.717, 1.165) is 32.4 Å². The largest absolute Gasteiger partial charge is 0.449 e. The lowest BCUT2D eigenvalue weighted by atomic mass is 10.1. The van der Waals surface area contributed by atoms with Crippen LogP contribution in [0.1, 0.15) is 36.5 Å². The van der Waals surface area contributed by atoms with Gasteiger partial charge in [0, 0.05) is 19.2 Å². The van der Waals surface area contributed by atoms with Gasteiger partial charge in [0.15, 0.2) is 6.10 Å². The van der Waals surface area contributed by atoms with Crippen LogP contribution < -0.4 is 10.6 Å². The number of piperidine rings is 1. The molecule has 1 saturated heterocycles. The smallest absolute Gasteiger partial charge is 0.339 e. The number of nitrogens with zero attached hydrogens (tertiary/aromatic N) is 2. The minimum absolute atomic E-state index is 0.0190. The minimum Gasteiger partial charge on any atom is -0.449 e. The fourth-order valence-electron chi connectivity index (χ4n) is 2.49. The van der Waals surface area contributed by atoms with E-state index in [1.54, 1.807) is 6.07 Å². The molecule has 1 fully saturated rings. The van der Waals surface area contributed by atoms with E-state index < -0.39 is 22.9 Å². The Morgan fingerprint density at radius 3 is 2.52 bits per heavy atom. The second-order valence-electron chi connectivity index (χ2n) is 5.46. The normalized spacial score (nSPS) is 15.8. The third-order valence-electron chi connectivity index (χ3n) is 3.79. The Hall–Kier alpha value is -2.64. The van der Waals surface area contributed by atoms with E-state index >= 15 is 0 Å². The lowest BCUT2D eigenvalue weighted by Gasteiger charge is -2.28. The van der Waals surface area contributed by atoms with Crippen molar-refractivity contribution >= 4 is 23.3 Å². The number of carbonyl (C=O) groups is 2. The zero-order valence-corrected chi connectivity index (χ0v) is 12.9. The van der Waals surface area contributed by atoms with E-state index in [1.807, 2.05) is 4.90 Å². The van der Waals surface area contributed by atoms with E-state index in [-0.39, 0.29) is 11.3 Å². The van der Waals surface area contributed by atoms with E-state index in [4.69, 9.17) is 10.5 Å². The van der Waals surface area contributed by atoms with Gasteiger partial charge in [0.05, 0.1) is 10.5 Å². The standard InChI is InChI=1S/C15H19N3O5/c1-10(14(16)19)23-15(20)11-5-6-12(13(9-11)18(21)22)17-7-3-2-4-8-17/h5-6,9-10H,2-4,7-8H2,1H3,(H2,16,19)/t10-/m1/s1. The second-order valence-corrected chi connectivity index (χ2v) is 5.46. The van der Waals surface area contributed by atoms with Crippen LogP contribution in [-0.2, 0) is 9.53 Å². The molecule has 8 heteroatoms. The summed E-state index contributed by atoms with van der Waals surface area (Å²) >= 11 is 0. The number of nitro groups is 1. The molecule has 0 aliphatic carbocycles. The summed E-state index contributed by atoms with van der Waals surface area (Å²) in [5, 5.41) is 11.3. The summed E-state index contributed by atoms with van der Waals surface area (Å²) in [6.45, 7) is 2.85. The molecular formula is C15H19N3O5. The van der Waals surface area contributed by atoms with Crippen molar-refractivity contribution in [2.45, 2.75) is 32.3 Å². The number of esters is 1. The topological polar surface area (TPSA) is 116 Å². The van der Waals surface area contributed by atoms with Gasteiger partial charge >= 0.3 is 5.97 Å². The SMILES string of the molecule is C[C@@H](OC(=O)c1ccc(N2CCCCC2)c([N+](=O)[O-])c1)C(N)=O. The maximum Gasteiger partial charge on any atom is 0.339 e. The first-order chi connectivity index (χ1) is 10.9. The summed E-state index contributed by atoms with van der Waals surface area (Å²) in [7, 11) is 0. The molecular weight excluding hydrogens is 302 g/mol. The molecule has 23 heavy (non-hydrogen) atoms. The van der Waals surface area contributed by atoms with Crippen molar-refractivity contribution in [1.29, 1.82) is 0 Å². The number of hydrogen-bond acceptors (Lipinski definition) is 6. The Morgan fingerprint density at radius 2 is 1.96 bits per heavy atom. The van der Waals surface area contributed by atoms with E-state index in [0.29, 0.717) is 5.69 Å². The Balaban J connectivity index is 2.26. The quantitative estimate of drug-likeness (QED) is 0.500. The number of rotatable bonds is 5. The molecule has 1 aliphatic heterocycles. The maximum absolute atomic E-state index is 12.0. The zero-order valence-electron chi connectivity index (χ0n) is 12.9. The Labute approximate surface area is 133 Å². The van der Waals surface area contributed by atoms with Gasteiger partial charge in [0.25, 0.3) is 11.6 Å². The number of benzene rings is 1. The van der Waals surface area contributed by atoms with Crippen LogP contribution in [-0.4, -0.2) is 36.0 Å². The highest BCUT2D eigenvalue weighted by Gasteiger charge is 2.24. The Morgan fingerprint density at radius 1 is 1.30 bits per heavy atom. The van der Waals surface area contributed by atoms with Crippen LogP contribution in [0, 0.1) is 10.1 Å². The first kappa shape index (κ1) is 16.7. The second kappa shape index (κ2) is 7.08. The molecule has 8 nitrogen and oxygen atoms in total. The molecule has 1 heterocycles. The maximum atomic E-state index is 12.0. The molecule has 124 valence electrons. The highest BCUT2D eigenvalue weighted by Crippen LogP contribution is 2.31. The zero-order chi connectivity index (χ0) is 17.0. The Kier molecular flexibility index (Phi) is 5.15. The average molecular weight is 321 g/mol. The van der Waals surface area contributed by atoms with Gasteiger partial charge in [-0.05, 0) is 38.3 Å². The van der Waals surface area contributed by atoms with Crippen LogP contribution in [0.15, 0.2) is 18.2 Å². The molecule has 0 bridgehead atoms. The molecule has 1 atom stereocenters. The summed E-state index contributed by atoms with van der Waals surface area (Å²) in [4.78, 5) is 35.6. The third kappa shape index (κ3) is 3.97. The van der Waals surface area contributed by atoms with Gasteiger partial charge in [0.2, 0.25) is 0 Å².